The van der Waals surface area contributed by atoms with Crippen LogP contribution in [-0.4, -0.2) is 44.0 Å². The lowest BCUT2D eigenvalue weighted by molar-refractivity contribution is -0.120. The SMILES string of the molecule is CC(C)CS(=O)(=O)N1CCNC(=O)CC1. The first-order valence-electron chi connectivity index (χ1n) is 5.16. The maximum atomic E-state index is 11.8. The van der Waals surface area contributed by atoms with Crippen molar-refractivity contribution in [1.82, 2.24) is 9.62 Å². The first-order chi connectivity index (χ1) is 6.92. The summed E-state index contributed by atoms with van der Waals surface area (Å²) in [6.07, 6.45) is 0.261. The molecule has 6 heteroatoms. The fraction of sp³-hybridized carbons (Fsp3) is 0.889. The highest BCUT2D eigenvalue weighted by atomic mass is 32.2. The largest absolute Gasteiger partial charge is 0.355 e. The molecule has 0 atom stereocenters. The monoisotopic (exact) mass is 234 g/mol. The van der Waals surface area contributed by atoms with Crippen molar-refractivity contribution < 1.29 is 13.2 Å². The van der Waals surface area contributed by atoms with Gasteiger partial charge in [-0.2, -0.15) is 4.31 Å². The first-order valence-corrected chi connectivity index (χ1v) is 6.77. The average Bonchev–Trinajstić information content (AvgIpc) is 2.27. The van der Waals surface area contributed by atoms with Gasteiger partial charge in [-0.15, -0.1) is 0 Å². The zero-order valence-corrected chi connectivity index (χ0v) is 10.0. The second-order valence-electron chi connectivity index (χ2n) is 4.17. The molecule has 15 heavy (non-hydrogen) atoms. The minimum atomic E-state index is -3.19. The maximum absolute atomic E-state index is 11.8. The molecule has 1 amide bonds. The Balaban J connectivity index is 2.66. The average molecular weight is 234 g/mol. The first kappa shape index (κ1) is 12.4. The Morgan fingerprint density at radius 1 is 1.40 bits per heavy atom. The Bertz CT molecular complexity index is 324. The van der Waals surface area contributed by atoms with Gasteiger partial charge in [0.1, 0.15) is 0 Å². The van der Waals surface area contributed by atoms with E-state index in [4.69, 9.17) is 0 Å². The highest BCUT2D eigenvalue weighted by Crippen LogP contribution is 2.09. The molecule has 0 aromatic carbocycles. The number of sulfonamides is 1. The molecule has 0 aliphatic carbocycles. The normalized spacial score (nSPS) is 20.1. The van der Waals surface area contributed by atoms with Crippen LogP contribution in [0.3, 0.4) is 0 Å². The third-order valence-corrected chi connectivity index (χ3v) is 4.45. The molecule has 1 aliphatic heterocycles. The summed E-state index contributed by atoms with van der Waals surface area (Å²) >= 11 is 0. The fourth-order valence-electron chi connectivity index (χ4n) is 1.55. The molecule has 1 fully saturated rings. The fourth-order valence-corrected chi connectivity index (χ4v) is 3.34. The zero-order chi connectivity index (χ0) is 11.5. The molecule has 1 saturated heterocycles. The van der Waals surface area contributed by atoms with Gasteiger partial charge >= 0.3 is 0 Å². The van der Waals surface area contributed by atoms with E-state index in [2.05, 4.69) is 5.32 Å². The van der Waals surface area contributed by atoms with Crippen LogP contribution in [0.1, 0.15) is 20.3 Å². The van der Waals surface area contributed by atoms with E-state index in [0.29, 0.717) is 19.6 Å². The quantitative estimate of drug-likeness (QED) is 0.735. The summed E-state index contributed by atoms with van der Waals surface area (Å²) in [6.45, 7) is 4.86. The van der Waals surface area contributed by atoms with Crippen molar-refractivity contribution in [3.8, 4) is 0 Å². The summed E-state index contributed by atoms with van der Waals surface area (Å²) in [6, 6.07) is 0. The summed E-state index contributed by atoms with van der Waals surface area (Å²) in [5.41, 5.74) is 0. The Hall–Kier alpha value is -0.620. The van der Waals surface area contributed by atoms with Gasteiger partial charge in [-0.1, -0.05) is 13.8 Å². The molecule has 1 N–H and O–H groups in total. The van der Waals surface area contributed by atoms with Crippen LogP contribution in [0, 0.1) is 5.92 Å². The van der Waals surface area contributed by atoms with E-state index in [1.165, 1.54) is 4.31 Å². The van der Waals surface area contributed by atoms with E-state index in [1.54, 1.807) is 0 Å². The third-order valence-electron chi connectivity index (χ3n) is 2.21. The van der Waals surface area contributed by atoms with E-state index >= 15 is 0 Å². The molecule has 0 aromatic rings. The Labute approximate surface area is 90.9 Å². The molecule has 0 radical (unpaired) electrons. The predicted molar refractivity (Wildman–Crippen MR) is 57.8 cm³/mol. The van der Waals surface area contributed by atoms with Crippen LogP contribution in [0.4, 0.5) is 0 Å². The van der Waals surface area contributed by atoms with E-state index in [1.807, 2.05) is 13.8 Å². The molecular weight excluding hydrogens is 216 g/mol. The van der Waals surface area contributed by atoms with Crippen LogP contribution >= 0.6 is 0 Å². The van der Waals surface area contributed by atoms with Gasteiger partial charge in [-0.25, -0.2) is 8.42 Å². The number of amides is 1. The van der Waals surface area contributed by atoms with Crippen LogP contribution in [0.5, 0.6) is 0 Å². The van der Waals surface area contributed by atoms with Gasteiger partial charge in [-0.05, 0) is 5.92 Å². The predicted octanol–water partition coefficient (Wildman–Crippen LogP) is -0.206. The Morgan fingerprint density at radius 3 is 2.67 bits per heavy atom. The lowest BCUT2D eigenvalue weighted by atomic mass is 10.3. The molecule has 0 aromatic heterocycles. The van der Waals surface area contributed by atoms with Gasteiger partial charge in [0.25, 0.3) is 0 Å². The van der Waals surface area contributed by atoms with Gasteiger partial charge in [0.15, 0.2) is 0 Å². The van der Waals surface area contributed by atoms with Crippen LogP contribution in [-0.2, 0) is 14.8 Å². The molecule has 5 nitrogen and oxygen atoms in total. The molecule has 0 unspecified atom stereocenters. The van der Waals surface area contributed by atoms with Crippen LogP contribution < -0.4 is 5.32 Å². The van der Waals surface area contributed by atoms with Gasteiger partial charge in [0.2, 0.25) is 15.9 Å². The van der Waals surface area contributed by atoms with Crippen molar-refractivity contribution in [1.29, 1.82) is 0 Å². The lowest BCUT2D eigenvalue weighted by Gasteiger charge is -2.20. The highest BCUT2D eigenvalue weighted by Gasteiger charge is 2.25. The topological polar surface area (TPSA) is 66.5 Å². The maximum Gasteiger partial charge on any atom is 0.221 e. The van der Waals surface area contributed by atoms with Gasteiger partial charge in [-0.3, -0.25) is 4.79 Å². The molecule has 1 rings (SSSR count). The van der Waals surface area contributed by atoms with Crippen molar-refractivity contribution in [2.75, 3.05) is 25.4 Å². The van der Waals surface area contributed by atoms with Crippen molar-refractivity contribution in [3.63, 3.8) is 0 Å². The van der Waals surface area contributed by atoms with Gasteiger partial charge < -0.3 is 5.32 Å². The summed E-state index contributed by atoms with van der Waals surface area (Å²) in [7, 11) is -3.19. The zero-order valence-electron chi connectivity index (χ0n) is 9.19. The molecule has 1 heterocycles. The van der Waals surface area contributed by atoms with E-state index < -0.39 is 10.0 Å². The smallest absolute Gasteiger partial charge is 0.221 e. The van der Waals surface area contributed by atoms with Crippen molar-refractivity contribution >= 4 is 15.9 Å². The number of nitrogens with one attached hydrogen (secondary N) is 1. The molecular formula is C9H18N2O3S. The second kappa shape index (κ2) is 4.94. The minimum Gasteiger partial charge on any atom is -0.355 e. The summed E-state index contributed by atoms with van der Waals surface area (Å²) < 4.78 is 25.1. The van der Waals surface area contributed by atoms with Gasteiger partial charge in [0.05, 0.1) is 5.75 Å². The Morgan fingerprint density at radius 2 is 2.07 bits per heavy atom. The third kappa shape index (κ3) is 3.79. The van der Waals surface area contributed by atoms with Crippen molar-refractivity contribution in [3.05, 3.63) is 0 Å². The van der Waals surface area contributed by atoms with E-state index in [-0.39, 0.29) is 24.0 Å². The molecule has 0 saturated carbocycles. The number of nitrogens with zero attached hydrogens (tertiary/aromatic N) is 1. The summed E-state index contributed by atoms with van der Waals surface area (Å²) in [5.74, 6) is 0.195. The molecule has 88 valence electrons. The molecule has 1 aliphatic rings. The van der Waals surface area contributed by atoms with E-state index in [0.717, 1.165) is 0 Å². The number of carbonyl (C=O) groups excluding carboxylic acids is 1. The highest BCUT2D eigenvalue weighted by molar-refractivity contribution is 7.89. The second-order valence-corrected chi connectivity index (χ2v) is 6.18. The van der Waals surface area contributed by atoms with E-state index in [9.17, 15) is 13.2 Å². The lowest BCUT2D eigenvalue weighted by Crippen LogP contribution is -2.37. The number of hydrogen-bond donors (Lipinski definition) is 1. The Kier molecular flexibility index (Phi) is 4.10. The van der Waals surface area contributed by atoms with Crippen LogP contribution in [0.15, 0.2) is 0 Å². The standard InChI is InChI=1S/C9H18N2O3S/c1-8(2)7-15(13,14)11-5-3-9(12)10-4-6-11/h8H,3-7H2,1-2H3,(H,10,12). The minimum absolute atomic E-state index is 0.0720. The van der Waals surface area contributed by atoms with Crippen LogP contribution in [0.25, 0.3) is 0 Å². The van der Waals surface area contributed by atoms with Crippen LogP contribution in [0.2, 0.25) is 0 Å². The summed E-state index contributed by atoms with van der Waals surface area (Å²) in [4.78, 5) is 11.0. The van der Waals surface area contributed by atoms with Gasteiger partial charge in [0, 0.05) is 26.1 Å². The van der Waals surface area contributed by atoms with Crippen molar-refractivity contribution in [2.24, 2.45) is 5.92 Å². The number of rotatable bonds is 3. The molecule has 0 spiro atoms. The number of hydrogen-bond acceptors (Lipinski definition) is 3. The molecule has 0 bridgehead atoms. The number of carbonyl (C=O) groups is 1. The summed E-state index contributed by atoms with van der Waals surface area (Å²) in [5, 5.41) is 2.65. The van der Waals surface area contributed by atoms with Crippen molar-refractivity contribution in [2.45, 2.75) is 20.3 Å².